The first kappa shape index (κ1) is 34.4. The molecule has 18 heteroatoms. The van der Waals surface area contributed by atoms with Gasteiger partial charge >= 0.3 is 5.97 Å². The number of benzene rings is 1. The number of thiophene rings is 1. The number of pyridine rings is 1. The van der Waals surface area contributed by atoms with Crippen LogP contribution in [0.3, 0.4) is 0 Å². The summed E-state index contributed by atoms with van der Waals surface area (Å²) in [5, 5.41) is 19.7. The molecule has 1 aromatic carbocycles. The number of guanidine groups is 1. The predicted molar refractivity (Wildman–Crippen MR) is 188 cm³/mol. The van der Waals surface area contributed by atoms with Gasteiger partial charge in [-0.25, -0.2) is 18.2 Å². The van der Waals surface area contributed by atoms with Gasteiger partial charge in [-0.2, -0.15) is 0 Å². The molecular weight excluding hydrogens is 677 g/mol. The molecule has 254 valence electrons. The van der Waals surface area contributed by atoms with E-state index in [0.717, 1.165) is 54.0 Å². The van der Waals surface area contributed by atoms with Crippen LogP contribution in [0.25, 0.3) is 0 Å². The van der Waals surface area contributed by atoms with E-state index in [1.807, 2.05) is 17.6 Å². The minimum atomic E-state index is -4.10. The Bertz CT molecular complexity index is 1840. The van der Waals surface area contributed by atoms with Crippen LogP contribution in [0.1, 0.15) is 28.2 Å². The third-order valence-corrected chi connectivity index (χ3v) is 10.6. The molecule has 0 spiro atoms. The van der Waals surface area contributed by atoms with Crippen LogP contribution in [0.5, 0.6) is 0 Å². The van der Waals surface area contributed by atoms with Crippen LogP contribution >= 0.6 is 22.7 Å². The summed E-state index contributed by atoms with van der Waals surface area (Å²) in [6, 6.07) is 10.6. The molecule has 1 aliphatic heterocycles. The molecule has 0 radical (unpaired) electrons. The van der Waals surface area contributed by atoms with Gasteiger partial charge in [0.2, 0.25) is 0 Å². The number of rotatable bonds is 15. The Kier molecular flexibility index (Phi) is 11.3. The highest BCUT2D eigenvalue weighted by Gasteiger charge is 2.25. The molecule has 0 aliphatic carbocycles. The molecule has 3 aromatic heterocycles. The second-order valence-corrected chi connectivity index (χ2v) is 14.2. The molecule has 1 aliphatic rings. The van der Waals surface area contributed by atoms with Gasteiger partial charge in [0, 0.05) is 50.0 Å². The average molecular weight is 713 g/mol. The second-order valence-electron chi connectivity index (χ2n) is 10.8. The quantitative estimate of drug-likeness (QED) is 0.0595. The number of aliphatic imine (C=N–C) groups is 1. The van der Waals surface area contributed by atoms with E-state index in [4.69, 9.17) is 16.5 Å². The van der Waals surface area contributed by atoms with Gasteiger partial charge in [0.15, 0.2) is 11.1 Å². The van der Waals surface area contributed by atoms with Gasteiger partial charge in [0.1, 0.15) is 10.9 Å². The van der Waals surface area contributed by atoms with Gasteiger partial charge in [-0.1, -0.05) is 6.07 Å². The number of carbonyl (C=O) groups is 2. The summed E-state index contributed by atoms with van der Waals surface area (Å²) >= 11 is 2.56. The molecule has 48 heavy (non-hydrogen) atoms. The van der Waals surface area contributed by atoms with Crippen LogP contribution < -0.4 is 36.6 Å². The lowest BCUT2D eigenvalue weighted by Crippen LogP contribution is -2.46. The molecule has 1 atom stereocenters. The third kappa shape index (κ3) is 9.11. The first-order valence-corrected chi connectivity index (χ1v) is 18.2. The fraction of sp³-hybridized carbons (Fsp3) is 0.300. The van der Waals surface area contributed by atoms with E-state index in [2.05, 4.69) is 41.2 Å². The maximum atomic E-state index is 13.3. The van der Waals surface area contributed by atoms with E-state index in [0.29, 0.717) is 18.7 Å². The van der Waals surface area contributed by atoms with Crippen LogP contribution in [0.4, 0.5) is 22.2 Å². The van der Waals surface area contributed by atoms with Crippen molar-refractivity contribution in [3.63, 3.8) is 0 Å². The highest BCUT2D eigenvalue weighted by molar-refractivity contribution is 7.92. The van der Waals surface area contributed by atoms with Crippen molar-refractivity contribution in [2.45, 2.75) is 30.3 Å². The zero-order valence-corrected chi connectivity index (χ0v) is 28.2. The number of piperazine rings is 1. The summed E-state index contributed by atoms with van der Waals surface area (Å²) < 4.78 is 29.1. The third-order valence-electron chi connectivity index (χ3n) is 7.38. The lowest BCUT2D eigenvalue weighted by Gasteiger charge is -2.35. The SMILES string of the molecule is NC(N)=NCCCC(NC(=O)c1sccc1NS(=O)(=O)c1cccc(NCc2csc(N3CCN(c4cccnc4)CC3)n2)c1)C(=O)O. The summed E-state index contributed by atoms with van der Waals surface area (Å²) in [4.78, 5) is 42.1. The Hall–Kier alpha value is -4.94. The van der Waals surface area contributed by atoms with Crippen molar-refractivity contribution in [3.8, 4) is 0 Å². The monoisotopic (exact) mass is 712 g/mol. The molecule has 0 bridgehead atoms. The first-order chi connectivity index (χ1) is 23.1. The van der Waals surface area contributed by atoms with Crippen molar-refractivity contribution in [1.82, 2.24) is 15.3 Å². The summed E-state index contributed by atoms with van der Waals surface area (Å²) in [5.41, 5.74) is 13.1. The van der Waals surface area contributed by atoms with Crippen molar-refractivity contribution < 1.29 is 23.1 Å². The summed E-state index contributed by atoms with van der Waals surface area (Å²) in [7, 11) is -4.10. The Morgan fingerprint density at radius 2 is 1.85 bits per heavy atom. The van der Waals surface area contributed by atoms with Crippen molar-refractivity contribution in [1.29, 1.82) is 0 Å². The zero-order valence-electron chi connectivity index (χ0n) is 25.8. The van der Waals surface area contributed by atoms with Crippen molar-refractivity contribution in [3.05, 3.63) is 76.2 Å². The van der Waals surface area contributed by atoms with Gasteiger partial charge in [-0.15, -0.1) is 22.7 Å². The lowest BCUT2D eigenvalue weighted by atomic mass is 10.1. The molecule has 1 unspecified atom stereocenters. The minimum absolute atomic E-state index is 0.0151. The largest absolute Gasteiger partial charge is 0.480 e. The number of carboxylic acid groups (broad SMARTS) is 1. The number of hydrogen-bond donors (Lipinski definition) is 6. The number of thiazole rings is 1. The molecule has 1 fully saturated rings. The lowest BCUT2D eigenvalue weighted by molar-refractivity contribution is -0.139. The highest BCUT2D eigenvalue weighted by Crippen LogP contribution is 2.27. The fourth-order valence-electron chi connectivity index (χ4n) is 4.94. The van der Waals surface area contributed by atoms with Gasteiger partial charge in [0.25, 0.3) is 15.9 Å². The molecule has 4 aromatic rings. The Balaban J connectivity index is 1.16. The molecule has 5 rings (SSSR count). The number of sulfonamides is 1. The van der Waals surface area contributed by atoms with E-state index in [9.17, 15) is 23.1 Å². The van der Waals surface area contributed by atoms with E-state index in [1.54, 1.807) is 35.0 Å². The highest BCUT2D eigenvalue weighted by atomic mass is 32.2. The fourth-order valence-corrected chi connectivity index (χ4v) is 7.75. The predicted octanol–water partition coefficient (Wildman–Crippen LogP) is 2.58. The molecule has 15 nitrogen and oxygen atoms in total. The van der Waals surface area contributed by atoms with E-state index in [1.165, 1.54) is 18.2 Å². The number of nitrogens with two attached hydrogens (primary N) is 2. The maximum absolute atomic E-state index is 13.3. The molecular formula is C30H36N10O5S3. The van der Waals surface area contributed by atoms with Gasteiger partial charge in [-0.3, -0.25) is 19.5 Å². The summed E-state index contributed by atoms with van der Waals surface area (Å²) in [6.07, 6.45) is 4.04. The van der Waals surface area contributed by atoms with Gasteiger partial charge in [-0.05, 0) is 54.6 Å². The van der Waals surface area contributed by atoms with Crippen LogP contribution in [-0.4, -0.2) is 80.1 Å². The zero-order chi connectivity index (χ0) is 34.1. The minimum Gasteiger partial charge on any atom is -0.480 e. The van der Waals surface area contributed by atoms with Gasteiger partial charge in [0.05, 0.1) is 34.7 Å². The molecule has 0 saturated carbocycles. The van der Waals surface area contributed by atoms with E-state index in [-0.39, 0.29) is 34.4 Å². The summed E-state index contributed by atoms with van der Waals surface area (Å²) in [5.74, 6) is -2.06. The Morgan fingerprint density at radius 3 is 2.58 bits per heavy atom. The van der Waals surface area contributed by atoms with Crippen LogP contribution in [0.2, 0.25) is 0 Å². The second kappa shape index (κ2) is 15.8. The van der Waals surface area contributed by atoms with Crippen LogP contribution in [0, 0.1) is 0 Å². The first-order valence-electron chi connectivity index (χ1n) is 15.0. The number of amides is 1. The number of anilines is 4. The normalized spacial score (nSPS) is 13.8. The average Bonchev–Trinajstić information content (AvgIpc) is 3.75. The van der Waals surface area contributed by atoms with E-state index < -0.39 is 27.9 Å². The van der Waals surface area contributed by atoms with Crippen molar-refractivity contribution in [2.75, 3.05) is 52.6 Å². The summed E-state index contributed by atoms with van der Waals surface area (Å²) in [6.45, 7) is 4.03. The van der Waals surface area contributed by atoms with E-state index >= 15 is 0 Å². The number of carboxylic acids is 1. The molecule has 1 amide bonds. The standard InChI is InChI=1S/C30H36N10O5S3/c31-29(32)34-10-3-7-25(28(42)43)37-27(41)26-24(8-15-46-26)38-48(44,45)23-6-1-4-20(16-23)35-17-21-19-47-30(36-21)40-13-11-39(12-14-40)22-5-2-9-33-18-22/h1-2,4-6,8-9,15-16,18-19,25,35,38H,3,7,10-14,17H2,(H,37,41)(H,42,43)(H4,31,32,34). The van der Waals surface area contributed by atoms with Gasteiger partial charge < -0.3 is 37.0 Å². The molecule has 1 saturated heterocycles. The smallest absolute Gasteiger partial charge is 0.326 e. The Morgan fingerprint density at radius 1 is 1.06 bits per heavy atom. The number of nitrogens with zero attached hydrogens (tertiary/aromatic N) is 5. The molecule has 8 N–H and O–H groups in total. The molecule has 4 heterocycles. The number of aromatic nitrogens is 2. The number of aliphatic carboxylic acids is 1. The van der Waals surface area contributed by atoms with Crippen LogP contribution in [0.15, 0.2) is 75.5 Å². The van der Waals surface area contributed by atoms with Crippen molar-refractivity contribution in [2.24, 2.45) is 16.5 Å². The Labute approximate surface area is 285 Å². The number of carbonyl (C=O) groups excluding carboxylic acids is 1. The number of nitrogens with one attached hydrogen (secondary N) is 3. The van der Waals surface area contributed by atoms with Crippen molar-refractivity contribution >= 4 is 72.7 Å². The number of hydrogen-bond acceptors (Lipinski definition) is 12. The van der Waals surface area contributed by atoms with Crippen LogP contribution in [-0.2, 0) is 21.4 Å². The maximum Gasteiger partial charge on any atom is 0.326 e. The topological polar surface area (TPSA) is 221 Å².